The molecule has 4 heteroatoms. The third-order valence-electron chi connectivity index (χ3n) is 2.85. The highest BCUT2D eigenvalue weighted by Crippen LogP contribution is 2.24. The van der Waals surface area contributed by atoms with E-state index >= 15 is 0 Å². The van der Waals surface area contributed by atoms with E-state index < -0.39 is 0 Å². The van der Waals surface area contributed by atoms with Crippen LogP contribution in [0.15, 0.2) is 41.4 Å². The van der Waals surface area contributed by atoms with Gasteiger partial charge in [0.2, 0.25) is 0 Å². The van der Waals surface area contributed by atoms with Crippen molar-refractivity contribution in [2.75, 3.05) is 12.8 Å². The van der Waals surface area contributed by atoms with Crippen molar-refractivity contribution < 1.29 is 0 Å². The Hall–Kier alpha value is -1.26. The van der Waals surface area contributed by atoms with Crippen molar-refractivity contribution in [3.05, 3.63) is 47.8 Å². The zero-order valence-electron chi connectivity index (χ0n) is 11.1. The molecule has 0 amide bonds. The Bertz CT molecular complexity index is 507. The van der Waals surface area contributed by atoms with Crippen LogP contribution in [-0.4, -0.2) is 22.6 Å². The van der Waals surface area contributed by atoms with Gasteiger partial charge in [-0.3, -0.25) is 4.68 Å². The maximum absolute atomic E-state index is 4.45. The maximum atomic E-state index is 4.45. The van der Waals surface area contributed by atoms with Gasteiger partial charge in [-0.2, -0.15) is 5.10 Å². The van der Waals surface area contributed by atoms with E-state index in [1.807, 2.05) is 36.7 Å². The quantitative estimate of drug-likeness (QED) is 0.839. The Morgan fingerprint density at radius 1 is 1.39 bits per heavy atom. The van der Waals surface area contributed by atoms with Crippen molar-refractivity contribution in [1.29, 1.82) is 0 Å². The van der Waals surface area contributed by atoms with Gasteiger partial charge in [0.15, 0.2) is 0 Å². The molecule has 0 spiro atoms. The zero-order chi connectivity index (χ0) is 13.0. The summed E-state index contributed by atoms with van der Waals surface area (Å²) in [6.45, 7) is 2.12. The highest BCUT2D eigenvalue weighted by Gasteiger charge is 2.12. The van der Waals surface area contributed by atoms with Gasteiger partial charge in [0.25, 0.3) is 0 Å². The molecule has 1 aromatic carbocycles. The number of nitrogens with one attached hydrogen (secondary N) is 1. The minimum Gasteiger partial charge on any atom is -0.311 e. The number of aryl methyl sites for hydroxylation is 2. The molecule has 0 aliphatic carbocycles. The average molecular weight is 261 g/mol. The summed E-state index contributed by atoms with van der Waals surface area (Å²) in [4.78, 5) is 1.31. The summed E-state index contributed by atoms with van der Waals surface area (Å²) in [5, 5.41) is 7.77. The smallest absolute Gasteiger partial charge is 0.0802 e. The van der Waals surface area contributed by atoms with Crippen molar-refractivity contribution in [3.63, 3.8) is 0 Å². The van der Waals surface area contributed by atoms with E-state index in [9.17, 15) is 0 Å². The lowest BCUT2D eigenvalue weighted by atomic mass is 10.2. The zero-order valence-corrected chi connectivity index (χ0v) is 11.9. The fraction of sp³-hybridized carbons (Fsp3) is 0.357. The third-order valence-corrected chi connectivity index (χ3v) is 3.93. The minimum absolute atomic E-state index is 0.289. The van der Waals surface area contributed by atoms with E-state index in [4.69, 9.17) is 0 Å². The summed E-state index contributed by atoms with van der Waals surface area (Å²) in [5.41, 5.74) is 2.40. The van der Waals surface area contributed by atoms with Crippen LogP contribution in [-0.2, 0) is 7.05 Å². The van der Waals surface area contributed by atoms with E-state index in [0.29, 0.717) is 0 Å². The fourth-order valence-corrected chi connectivity index (χ4v) is 2.96. The molecule has 0 aliphatic rings. The number of hydrogen-bond donors (Lipinski definition) is 1. The van der Waals surface area contributed by atoms with Gasteiger partial charge in [-0.05, 0) is 32.2 Å². The van der Waals surface area contributed by atoms with Crippen LogP contribution in [0.4, 0.5) is 0 Å². The predicted octanol–water partition coefficient (Wildman–Crippen LogP) is 2.78. The molecule has 3 nitrogen and oxygen atoms in total. The number of aromatic nitrogens is 2. The van der Waals surface area contributed by atoms with E-state index in [1.165, 1.54) is 10.5 Å². The molecular weight excluding hydrogens is 242 g/mol. The molecule has 0 aliphatic heterocycles. The van der Waals surface area contributed by atoms with Crippen LogP contribution in [0.2, 0.25) is 0 Å². The first-order chi connectivity index (χ1) is 8.69. The van der Waals surface area contributed by atoms with Crippen LogP contribution in [0.5, 0.6) is 0 Å². The molecule has 1 heterocycles. The first kappa shape index (κ1) is 13.2. The lowest BCUT2D eigenvalue weighted by Gasteiger charge is -2.13. The summed E-state index contributed by atoms with van der Waals surface area (Å²) in [7, 11) is 3.93. The molecule has 0 bridgehead atoms. The fourth-order valence-electron chi connectivity index (χ4n) is 1.82. The van der Waals surface area contributed by atoms with Crippen LogP contribution in [0.25, 0.3) is 0 Å². The van der Waals surface area contributed by atoms with Crippen molar-refractivity contribution >= 4 is 11.8 Å². The van der Waals surface area contributed by atoms with Gasteiger partial charge in [0, 0.05) is 23.9 Å². The Labute approximate surface area is 113 Å². The molecule has 96 valence electrons. The van der Waals surface area contributed by atoms with Gasteiger partial charge in [-0.1, -0.05) is 17.7 Å². The summed E-state index contributed by atoms with van der Waals surface area (Å²) in [6, 6.07) is 11.0. The van der Waals surface area contributed by atoms with Crippen LogP contribution in [0, 0.1) is 6.92 Å². The molecule has 2 aromatic rings. The molecule has 0 fully saturated rings. The molecule has 0 saturated carbocycles. The summed E-state index contributed by atoms with van der Waals surface area (Å²) in [6.07, 6.45) is 1.98. The Balaban J connectivity index is 1.99. The second kappa shape index (κ2) is 6.07. The monoisotopic (exact) mass is 261 g/mol. The molecule has 1 atom stereocenters. The minimum atomic E-state index is 0.289. The number of rotatable bonds is 5. The van der Waals surface area contributed by atoms with Gasteiger partial charge in [-0.15, -0.1) is 11.8 Å². The van der Waals surface area contributed by atoms with Crippen LogP contribution in [0.3, 0.4) is 0 Å². The molecule has 0 radical (unpaired) electrons. The largest absolute Gasteiger partial charge is 0.311 e. The number of nitrogens with zero attached hydrogens (tertiary/aromatic N) is 2. The van der Waals surface area contributed by atoms with Crippen molar-refractivity contribution in [2.24, 2.45) is 7.05 Å². The van der Waals surface area contributed by atoms with Gasteiger partial charge in [0.1, 0.15) is 0 Å². The maximum Gasteiger partial charge on any atom is 0.0802 e. The first-order valence-corrected chi connectivity index (χ1v) is 7.04. The van der Waals surface area contributed by atoms with E-state index in [-0.39, 0.29) is 6.04 Å². The predicted molar refractivity (Wildman–Crippen MR) is 76.9 cm³/mol. The van der Waals surface area contributed by atoms with Gasteiger partial charge in [-0.25, -0.2) is 0 Å². The molecule has 1 unspecified atom stereocenters. The molecule has 1 N–H and O–H groups in total. The topological polar surface area (TPSA) is 29.9 Å². The van der Waals surface area contributed by atoms with Crippen molar-refractivity contribution in [3.8, 4) is 0 Å². The lowest BCUT2D eigenvalue weighted by molar-refractivity contribution is 0.619. The van der Waals surface area contributed by atoms with E-state index in [1.54, 1.807) is 0 Å². The van der Waals surface area contributed by atoms with Gasteiger partial charge in [0.05, 0.1) is 11.7 Å². The van der Waals surface area contributed by atoms with Crippen LogP contribution >= 0.6 is 11.8 Å². The molecule has 18 heavy (non-hydrogen) atoms. The lowest BCUT2D eigenvalue weighted by Crippen LogP contribution is -2.19. The first-order valence-electron chi connectivity index (χ1n) is 6.05. The number of hydrogen-bond acceptors (Lipinski definition) is 3. The summed E-state index contributed by atoms with van der Waals surface area (Å²) in [5.74, 6) is 0.983. The normalized spacial score (nSPS) is 12.6. The standard InChI is InChI=1S/C14H19N3S/c1-11-5-4-6-12(9-11)18-10-14(15-2)13-7-8-17(3)16-13/h4-9,14-15H,10H2,1-3H3. The second-order valence-electron chi connectivity index (χ2n) is 4.38. The third kappa shape index (κ3) is 3.37. The van der Waals surface area contributed by atoms with Crippen molar-refractivity contribution in [2.45, 2.75) is 17.9 Å². The SMILES string of the molecule is CNC(CSc1cccc(C)c1)c1ccn(C)n1. The van der Waals surface area contributed by atoms with Crippen molar-refractivity contribution in [1.82, 2.24) is 15.1 Å². The molecule has 1 aromatic heterocycles. The van der Waals surface area contributed by atoms with Crippen LogP contribution < -0.4 is 5.32 Å². The molecular formula is C14H19N3S. The van der Waals surface area contributed by atoms with Crippen LogP contribution in [0.1, 0.15) is 17.3 Å². The number of benzene rings is 1. The highest BCUT2D eigenvalue weighted by molar-refractivity contribution is 7.99. The number of thioether (sulfide) groups is 1. The van der Waals surface area contributed by atoms with E-state index in [2.05, 4.69) is 47.7 Å². The van der Waals surface area contributed by atoms with Gasteiger partial charge >= 0.3 is 0 Å². The summed E-state index contributed by atoms with van der Waals surface area (Å²) >= 11 is 1.86. The Morgan fingerprint density at radius 2 is 2.22 bits per heavy atom. The Kier molecular flexibility index (Phi) is 4.44. The van der Waals surface area contributed by atoms with Gasteiger partial charge < -0.3 is 5.32 Å². The highest BCUT2D eigenvalue weighted by atomic mass is 32.2. The average Bonchev–Trinajstić information content (AvgIpc) is 2.77. The summed E-state index contributed by atoms with van der Waals surface area (Å²) < 4.78 is 1.84. The second-order valence-corrected chi connectivity index (χ2v) is 5.48. The molecule has 2 rings (SSSR count). The molecule has 0 saturated heterocycles. The Morgan fingerprint density at radius 3 is 2.83 bits per heavy atom. The van der Waals surface area contributed by atoms with E-state index in [0.717, 1.165) is 11.4 Å².